The van der Waals surface area contributed by atoms with Crippen molar-refractivity contribution in [2.75, 3.05) is 6.54 Å². The molecular formula is C15H23NO2. The number of carbonyl (C=O) groups excluding carboxylic acids is 1. The molecule has 2 N–H and O–H groups in total. The van der Waals surface area contributed by atoms with Gasteiger partial charge in [-0.05, 0) is 36.5 Å². The smallest absolute Gasteiger partial charge is 0.223 e. The van der Waals surface area contributed by atoms with Gasteiger partial charge in [-0.1, -0.05) is 32.9 Å². The van der Waals surface area contributed by atoms with Gasteiger partial charge in [0.05, 0.1) is 0 Å². The highest BCUT2D eigenvalue weighted by Gasteiger charge is 2.30. The number of aromatic hydroxyl groups is 1. The van der Waals surface area contributed by atoms with Crippen LogP contribution in [-0.4, -0.2) is 17.6 Å². The zero-order valence-electron chi connectivity index (χ0n) is 11.7. The molecule has 1 rings (SSSR count). The molecule has 0 aliphatic carbocycles. The maximum Gasteiger partial charge on any atom is 0.223 e. The Kier molecular flexibility index (Phi) is 4.76. The molecule has 0 radical (unpaired) electrons. The zero-order chi connectivity index (χ0) is 13.8. The highest BCUT2D eigenvalue weighted by molar-refractivity contribution is 5.79. The number of hydrogen-bond acceptors (Lipinski definition) is 2. The number of phenols is 1. The molecule has 0 bridgehead atoms. The Morgan fingerprint density at radius 1 is 1.28 bits per heavy atom. The first kappa shape index (κ1) is 14.6. The van der Waals surface area contributed by atoms with E-state index in [1.807, 2.05) is 19.1 Å². The predicted molar refractivity (Wildman–Crippen MR) is 73.4 cm³/mol. The van der Waals surface area contributed by atoms with Gasteiger partial charge >= 0.3 is 0 Å². The van der Waals surface area contributed by atoms with Crippen molar-refractivity contribution in [1.29, 1.82) is 0 Å². The second kappa shape index (κ2) is 5.89. The summed E-state index contributed by atoms with van der Waals surface area (Å²) in [5.74, 6) is 0.282. The Morgan fingerprint density at radius 2 is 1.83 bits per heavy atom. The third-order valence-corrected chi connectivity index (χ3v) is 3.09. The molecule has 0 spiro atoms. The van der Waals surface area contributed by atoms with Gasteiger partial charge in [-0.15, -0.1) is 0 Å². The largest absolute Gasteiger partial charge is 0.508 e. The number of rotatable bonds is 4. The lowest BCUT2D eigenvalue weighted by molar-refractivity contribution is -0.128. The third kappa shape index (κ3) is 4.06. The fourth-order valence-electron chi connectivity index (χ4n) is 1.96. The van der Waals surface area contributed by atoms with Crippen molar-refractivity contribution in [1.82, 2.24) is 5.32 Å². The van der Waals surface area contributed by atoms with Crippen LogP contribution in [0.1, 0.15) is 33.3 Å². The zero-order valence-corrected chi connectivity index (χ0v) is 11.7. The lowest BCUT2D eigenvalue weighted by Crippen LogP contribution is -2.39. The number of carbonyl (C=O) groups is 1. The van der Waals surface area contributed by atoms with Crippen LogP contribution >= 0.6 is 0 Å². The molecule has 0 aromatic heterocycles. The van der Waals surface area contributed by atoms with Gasteiger partial charge in [-0.3, -0.25) is 4.79 Å². The summed E-state index contributed by atoms with van der Waals surface area (Å²) in [5.41, 5.74) is 0.982. The van der Waals surface area contributed by atoms with E-state index in [0.29, 0.717) is 13.0 Å². The van der Waals surface area contributed by atoms with Crippen molar-refractivity contribution >= 4 is 5.91 Å². The molecule has 0 fully saturated rings. The average Bonchev–Trinajstić information content (AvgIpc) is 2.26. The van der Waals surface area contributed by atoms with Gasteiger partial charge in [0.25, 0.3) is 0 Å². The molecular weight excluding hydrogens is 226 g/mol. The standard InChI is InChI=1S/C15H23NO2/c1-5-16-14(18)13(15(2,3)4)10-11-6-8-12(17)9-7-11/h6-9,13,17H,5,10H2,1-4H3,(H,16,18)/t13-/m1/s1. The Bertz CT molecular complexity index is 390. The second-order valence-electron chi connectivity index (χ2n) is 5.68. The average molecular weight is 249 g/mol. The lowest BCUT2D eigenvalue weighted by Gasteiger charge is -2.29. The molecule has 0 aliphatic heterocycles. The van der Waals surface area contributed by atoms with Crippen molar-refractivity contribution in [3.63, 3.8) is 0 Å². The molecule has 1 amide bonds. The summed E-state index contributed by atoms with van der Waals surface area (Å²) >= 11 is 0. The van der Waals surface area contributed by atoms with Gasteiger partial charge in [0.2, 0.25) is 5.91 Å². The summed E-state index contributed by atoms with van der Waals surface area (Å²) < 4.78 is 0. The number of phenolic OH excluding ortho intramolecular Hbond substituents is 1. The molecule has 18 heavy (non-hydrogen) atoms. The fourth-order valence-corrected chi connectivity index (χ4v) is 1.96. The van der Waals surface area contributed by atoms with Crippen LogP contribution in [0, 0.1) is 11.3 Å². The van der Waals surface area contributed by atoms with Gasteiger partial charge in [0.1, 0.15) is 5.75 Å². The van der Waals surface area contributed by atoms with E-state index in [1.54, 1.807) is 12.1 Å². The van der Waals surface area contributed by atoms with Crippen molar-refractivity contribution in [3.8, 4) is 5.75 Å². The van der Waals surface area contributed by atoms with E-state index in [9.17, 15) is 9.90 Å². The summed E-state index contributed by atoms with van der Waals surface area (Å²) in [6.45, 7) is 8.81. The van der Waals surface area contributed by atoms with Crippen molar-refractivity contribution < 1.29 is 9.90 Å². The molecule has 1 atom stereocenters. The van der Waals surface area contributed by atoms with E-state index in [1.165, 1.54) is 0 Å². The summed E-state index contributed by atoms with van der Waals surface area (Å²) in [6, 6.07) is 7.06. The molecule has 1 aromatic rings. The highest BCUT2D eigenvalue weighted by Crippen LogP contribution is 2.29. The normalized spacial score (nSPS) is 13.1. The van der Waals surface area contributed by atoms with Crippen LogP contribution in [0.5, 0.6) is 5.75 Å². The molecule has 100 valence electrons. The van der Waals surface area contributed by atoms with Gasteiger partial charge in [0, 0.05) is 12.5 Å². The summed E-state index contributed by atoms with van der Waals surface area (Å²) in [6.07, 6.45) is 0.690. The number of benzene rings is 1. The van der Waals surface area contributed by atoms with Gasteiger partial charge in [-0.2, -0.15) is 0 Å². The summed E-state index contributed by atoms with van der Waals surface area (Å²) in [4.78, 5) is 12.1. The Morgan fingerprint density at radius 3 is 2.28 bits per heavy atom. The van der Waals surface area contributed by atoms with E-state index >= 15 is 0 Å². The monoisotopic (exact) mass is 249 g/mol. The third-order valence-electron chi connectivity index (χ3n) is 3.09. The molecule has 0 saturated heterocycles. The number of hydrogen-bond donors (Lipinski definition) is 2. The van der Waals surface area contributed by atoms with E-state index in [0.717, 1.165) is 5.56 Å². The van der Waals surface area contributed by atoms with Gasteiger partial charge < -0.3 is 10.4 Å². The summed E-state index contributed by atoms with van der Waals surface area (Å²) in [7, 11) is 0. The minimum atomic E-state index is -0.0862. The van der Waals surface area contributed by atoms with Crippen molar-refractivity contribution in [2.45, 2.75) is 34.1 Å². The van der Waals surface area contributed by atoms with Crippen molar-refractivity contribution in [2.24, 2.45) is 11.3 Å². The van der Waals surface area contributed by atoms with E-state index in [2.05, 4.69) is 26.1 Å². The van der Waals surface area contributed by atoms with E-state index in [-0.39, 0.29) is 23.0 Å². The van der Waals surface area contributed by atoms with Crippen LogP contribution < -0.4 is 5.32 Å². The Labute approximate surface area is 109 Å². The first-order valence-corrected chi connectivity index (χ1v) is 6.40. The number of amides is 1. The van der Waals surface area contributed by atoms with Gasteiger partial charge in [-0.25, -0.2) is 0 Å². The summed E-state index contributed by atoms with van der Waals surface area (Å²) in [5, 5.41) is 12.2. The van der Waals surface area contributed by atoms with E-state index < -0.39 is 0 Å². The van der Waals surface area contributed by atoms with Crippen LogP contribution in [0.3, 0.4) is 0 Å². The van der Waals surface area contributed by atoms with Crippen LogP contribution in [0.4, 0.5) is 0 Å². The van der Waals surface area contributed by atoms with Crippen LogP contribution in [0.2, 0.25) is 0 Å². The second-order valence-corrected chi connectivity index (χ2v) is 5.68. The Hall–Kier alpha value is -1.51. The molecule has 0 aliphatic rings. The molecule has 3 heteroatoms. The molecule has 0 heterocycles. The maximum absolute atomic E-state index is 12.1. The topological polar surface area (TPSA) is 49.3 Å². The first-order valence-electron chi connectivity index (χ1n) is 6.40. The van der Waals surface area contributed by atoms with Gasteiger partial charge in [0.15, 0.2) is 0 Å². The molecule has 0 unspecified atom stereocenters. The quantitative estimate of drug-likeness (QED) is 0.862. The predicted octanol–water partition coefficient (Wildman–Crippen LogP) is 2.73. The molecule has 3 nitrogen and oxygen atoms in total. The van der Waals surface area contributed by atoms with Crippen LogP contribution in [0.15, 0.2) is 24.3 Å². The first-order chi connectivity index (χ1) is 8.34. The fraction of sp³-hybridized carbons (Fsp3) is 0.533. The SMILES string of the molecule is CCNC(=O)[C@@H](Cc1ccc(O)cc1)C(C)(C)C. The lowest BCUT2D eigenvalue weighted by atomic mass is 9.76. The van der Waals surface area contributed by atoms with Crippen LogP contribution in [0.25, 0.3) is 0 Å². The minimum absolute atomic E-state index is 0.0676. The minimum Gasteiger partial charge on any atom is -0.508 e. The maximum atomic E-state index is 12.1. The Balaban J connectivity index is 2.85. The van der Waals surface area contributed by atoms with Crippen molar-refractivity contribution in [3.05, 3.63) is 29.8 Å². The van der Waals surface area contributed by atoms with Crippen LogP contribution in [-0.2, 0) is 11.2 Å². The highest BCUT2D eigenvalue weighted by atomic mass is 16.3. The number of nitrogens with one attached hydrogen (secondary N) is 1. The molecule has 0 saturated carbocycles. The molecule has 1 aromatic carbocycles. The van der Waals surface area contributed by atoms with E-state index in [4.69, 9.17) is 0 Å².